The highest BCUT2D eigenvalue weighted by molar-refractivity contribution is 6.25. The van der Waals surface area contributed by atoms with Gasteiger partial charge in [-0.15, -0.1) is 0 Å². The average molecular weight is 740 g/mol. The van der Waals surface area contributed by atoms with Crippen molar-refractivity contribution in [3.63, 3.8) is 0 Å². The molecule has 4 aromatic heterocycles. The molecule has 4 nitrogen and oxygen atoms in total. The first-order valence-corrected chi connectivity index (χ1v) is 19.8. The van der Waals surface area contributed by atoms with Crippen LogP contribution in [0.15, 0.2) is 205 Å². The molecule has 270 valence electrons. The Morgan fingerprint density at radius 3 is 1.43 bits per heavy atom. The zero-order valence-electron chi connectivity index (χ0n) is 31.3. The maximum Gasteiger partial charge on any atom is 0.137 e. The lowest BCUT2D eigenvalue weighted by atomic mass is 10.00. The Balaban J connectivity index is 1.04. The first-order valence-electron chi connectivity index (χ1n) is 19.8. The van der Waals surface area contributed by atoms with Crippen LogP contribution in [0.3, 0.4) is 0 Å². The van der Waals surface area contributed by atoms with Gasteiger partial charge in [0.2, 0.25) is 0 Å². The van der Waals surface area contributed by atoms with Gasteiger partial charge in [-0.2, -0.15) is 0 Å². The summed E-state index contributed by atoms with van der Waals surface area (Å²) in [5.41, 5.74) is 16.9. The Bertz CT molecular complexity index is 3720. The van der Waals surface area contributed by atoms with Crippen molar-refractivity contribution in [1.29, 1.82) is 0 Å². The molecule has 0 bridgehead atoms. The van der Waals surface area contributed by atoms with E-state index in [9.17, 15) is 0 Å². The van der Waals surface area contributed by atoms with Crippen LogP contribution in [0.25, 0.3) is 98.8 Å². The van der Waals surface area contributed by atoms with Crippen molar-refractivity contribution in [2.45, 2.75) is 0 Å². The number of aromatic nitrogens is 2. The normalized spacial score (nSPS) is 12.1. The predicted octanol–water partition coefficient (Wildman–Crippen LogP) is 14.9. The zero-order valence-corrected chi connectivity index (χ0v) is 31.3. The molecule has 9 aromatic carbocycles. The molecule has 0 unspecified atom stereocenters. The molecule has 4 heteroatoms. The van der Waals surface area contributed by atoms with E-state index in [0.717, 1.165) is 44.5 Å². The molecule has 0 atom stereocenters. The summed E-state index contributed by atoms with van der Waals surface area (Å²) in [7, 11) is 0. The molecule has 0 aliphatic rings. The van der Waals surface area contributed by atoms with Crippen molar-refractivity contribution in [3.05, 3.63) is 200 Å². The fraction of sp³-hybridized carbons (Fsp3) is 0. The molecule has 0 amide bonds. The lowest BCUT2D eigenvalue weighted by Crippen LogP contribution is -2.10. The number of nitrogens with zero attached hydrogens (tertiary/aromatic N) is 3. The summed E-state index contributed by atoms with van der Waals surface area (Å²) in [6.45, 7) is 0. The van der Waals surface area contributed by atoms with Gasteiger partial charge >= 0.3 is 0 Å². The van der Waals surface area contributed by atoms with Gasteiger partial charge in [0.1, 0.15) is 11.2 Å². The van der Waals surface area contributed by atoms with Crippen LogP contribution in [0.1, 0.15) is 0 Å². The molecule has 0 aliphatic heterocycles. The summed E-state index contributed by atoms with van der Waals surface area (Å²) in [5, 5.41) is 7.30. The molecular formula is C54H33N3O. The lowest BCUT2D eigenvalue weighted by Gasteiger charge is -2.26. The smallest absolute Gasteiger partial charge is 0.137 e. The Labute approximate surface area is 333 Å². The number of furan rings is 1. The largest absolute Gasteiger partial charge is 0.456 e. The van der Waals surface area contributed by atoms with Crippen molar-refractivity contribution in [2.24, 2.45) is 0 Å². The highest BCUT2D eigenvalue weighted by Gasteiger charge is 2.23. The molecule has 0 aliphatic carbocycles. The zero-order chi connectivity index (χ0) is 37.9. The second-order valence-corrected chi connectivity index (χ2v) is 15.3. The van der Waals surface area contributed by atoms with Crippen LogP contribution in [0, 0.1) is 0 Å². The maximum atomic E-state index is 6.47. The van der Waals surface area contributed by atoms with Gasteiger partial charge in [0.25, 0.3) is 0 Å². The monoisotopic (exact) mass is 739 g/mol. The standard InChI is InChI=1S/C54H33N3O/c1-2-10-34(11-3-1)35-18-20-36(21-19-35)37-22-24-38(25-23-37)55(40-26-28-44-43-14-6-9-17-51(43)58-52(44)33-40)39-27-31-49-50(32-39)57-48-16-8-5-13-42(48)46-30-29-45-41-12-4-7-15-47(41)56(49)53(45)54(46)57/h1-33H. The molecular weight excluding hydrogens is 707 g/mol. The topological polar surface area (TPSA) is 25.2 Å². The van der Waals surface area contributed by atoms with Gasteiger partial charge in [0.05, 0.1) is 33.1 Å². The van der Waals surface area contributed by atoms with E-state index < -0.39 is 0 Å². The summed E-state index contributed by atoms with van der Waals surface area (Å²) in [4.78, 5) is 2.36. The fourth-order valence-corrected chi connectivity index (χ4v) is 9.61. The highest BCUT2D eigenvalue weighted by Crippen LogP contribution is 2.45. The number of hydrogen-bond donors (Lipinski definition) is 0. The third-order valence-corrected chi connectivity index (χ3v) is 12.2. The Morgan fingerprint density at radius 2 is 0.759 bits per heavy atom. The van der Waals surface area contributed by atoms with Gasteiger partial charge in [-0.1, -0.05) is 133 Å². The summed E-state index contributed by atoms with van der Waals surface area (Å²) in [6, 6.07) is 72.5. The molecule has 0 saturated carbocycles. The van der Waals surface area contributed by atoms with Crippen LogP contribution in [0.5, 0.6) is 0 Å². The molecule has 4 heterocycles. The van der Waals surface area contributed by atoms with Crippen LogP contribution in [0.2, 0.25) is 0 Å². The van der Waals surface area contributed by atoms with Crippen LogP contribution < -0.4 is 4.90 Å². The van der Waals surface area contributed by atoms with Gasteiger partial charge in [-0.25, -0.2) is 0 Å². The number of anilines is 3. The van der Waals surface area contributed by atoms with Gasteiger partial charge in [-0.05, 0) is 82.9 Å². The molecule has 0 fully saturated rings. The summed E-state index contributed by atoms with van der Waals surface area (Å²) in [5.74, 6) is 0. The Morgan fingerprint density at radius 1 is 0.293 bits per heavy atom. The number of fused-ring (bicyclic) bond motifs is 12. The van der Waals surface area contributed by atoms with Gasteiger partial charge in [-0.3, -0.25) is 0 Å². The molecule has 0 saturated heterocycles. The van der Waals surface area contributed by atoms with E-state index in [1.807, 2.05) is 12.1 Å². The van der Waals surface area contributed by atoms with Crippen molar-refractivity contribution < 1.29 is 4.42 Å². The molecule has 13 rings (SSSR count). The summed E-state index contributed by atoms with van der Waals surface area (Å²) < 4.78 is 11.4. The predicted molar refractivity (Wildman–Crippen MR) is 242 cm³/mol. The minimum Gasteiger partial charge on any atom is -0.456 e. The van der Waals surface area contributed by atoms with Crippen LogP contribution >= 0.6 is 0 Å². The second kappa shape index (κ2) is 11.8. The number of benzene rings is 9. The molecule has 58 heavy (non-hydrogen) atoms. The third-order valence-electron chi connectivity index (χ3n) is 12.2. The van der Waals surface area contributed by atoms with E-state index in [0.29, 0.717) is 0 Å². The highest BCUT2D eigenvalue weighted by atomic mass is 16.3. The summed E-state index contributed by atoms with van der Waals surface area (Å²) in [6.07, 6.45) is 0. The van der Waals surface area contributed by atoms with E-state index in [1.165, 1.54) is 71.4 Å². The molecule has 13 aromatic rings. The van der Waals surface area contributed by atoms with Gasteiger partial charge in [0, 0.05) is 55.4 Å². The molecule has 0 N–H and O–H groups in total. The number of para-hydroxylation sites is 3. The first-order chi connectivity index (χ1) is 28.8. The van der Waals surface area contributed by atoms with Crippen LogP contribution in [0.4, 0.5) is 17.1 Å². The second-order valence-electron chi connectivity index (χ2n) is 15.3. The average Bonchev–Trinajstić information content (AvgIpc) is 3.95. The van der Waals surface area contributed by atoms with E-state index in [2.05, 4.69) is 202 Å². The third kappa shape index (κ3) is 4.40. The number of rotatable bonds is 5. The SMILES string of the molecule is c1ccc(-c2ccc(-c3ccc(N(c4ccc5c(c4)oc4ccccc45)c4ccc5c(c4)n4c6ccccc6c6ccc7c8ccccc8n5c7c64)cc3)cc2)cc1. The van der Waals surface area contributed by atoms with E-state index in [4.69, 9.17) is 4.42 Å². The Kier molecular flexibility index (Phi) is 6.41. The van der Waals surface area contributed by atoms with Crippen molar-refractivity contribution in [2.75, 3.05) is 4.90 Å². The van der Waals surface area contributed by atoms with E-state index >= 15 is 0 Å². The fourth-order valence-electron chi connectivity index (χ4n) is 9.61. The summed E-state index contributed by atoms with van der Waals surface area (Å²) >= 11 is 0. The van der Waals surface area contributed by atoms with Crippen LogP contribution in [-0.4, -0.2) is 8.80 Å². The Hall–Kier alpha value is -7.82. The minimum absolute atomic E-state index is 0.866. The lowest BCUT2D eigenvalue weighted by molar-refractivity contribution is 0.669. The van der Waals surface area contributed by atoms with E-state index in [1.54, 1.807) is 0 Å². The maximum absolute atomic E-state index is 6.47. The van der Waals surface area contributed by atoms with Crippen molar-refractivity contribution >= 4 is 93.6 Å². The van der Waals surface area contributed by atoms with Gasteiger partial charge in [0.15, 0.2) is 0 Å². The first kappa shape index (κ1) is 31.4. The molecule has 0 radical (unpaired) electrons. The van der Waals surface area contributed by atoms with Crippen LogP contribution in [-0.2, 0) is 0 Å². The minimum atomic E-state index is 0.866. The van der Waals surface area contributed by atoms with Crippen molar-refractivity contribution in [1.82, 2.24) is 8.80 Å². The van der Waals surface area contributed by atoms with E-state index in [-0.39, 0.29) is 0 Å². The van der Waals surface area contributed by atoms with Gasteiger partial charge < -0.3 is 18.1 Å². The number of hydrogen-bond acceptors (Lipinski definition) is 2. The molecule has 0 spiro atoms. The quantitative estimate of drug-likeness (QED) is 0.164. The van der Waals surface area contributed by atoms with Crippen molar-refractivity contribution in [3.8, 4) is 22.3 Å².